The van der Waals surface area contributed by atoms with Gasteiger partial charge in [-0.15, -0.1) is 0 Å². The number of aromatic nitrogens is 2. The number of piperidine rings is 1. The van der Waals surface area contributed by atoms with Crippen molar-refractivity contribution in [3.05, 3.63) is 17.0 Å². The molecule has 1 aromatic heterocycles. The number of hydrogen-bond acceptors (Lipinski definition) is 5. The third kappa shape index (κ3) is 5.41. The van der Waals surface area contributed by atoms with E-state index in [4.69, 9.17) is 5.26 Å². The minimum absolute atomic E-state index is 0.000610. The molecule has 0 aromatic carbocycles. The molecule has 8 nitrogen and oxygen atoms in total. The molecule has 1 aliphatic heterocycles. The number of nitriles is 1. The first kappa shape index (κ1) is 22.8. The number of nitrogens with one attached hydrogen (secondary N) is 1. The van der Waals surface area contributed by atoms with Crippen molar-refractivity contribution >= 4 is 15.9 Å². The molecule has 1 atom stereocenters. The zero-order valence-corrected chi connectivity index (χ0v) is 18.9. The maximum absolute atomic E-state index is 12.8. The molecule has 9 heteroatoms. The zero-order valence-electron chi connectivity index (χ0n) is 18.1. The average Bonchev–Trinajstić information content (AvgIpc) is 3.32. The number of aryl methyl sites for hydroxylation is 2. The number of amides is 1. The molecule has 1 N–H and O–H groups in total. The Hall–Kier alpha value is -1.92. The van der Waals surface area contributed by atoms with Crippen molar-refractivity contribution in [3.63, 3.8) is 0 Å². The Kier molecular flexibility index (Phi) is 7.53. The van der Waals surface area contributed by atoms with Crippen LogP contribution >= 0.6 is 0 Å². The summed E-state index contributed by atoms with van der Waals surface area (Å²) in [5, 5.41) is 12.7. The summed E-state index contributed by atoms with van der Waals surface area (Å²) in [6.45, 7) is 5.34. The quantitative estimate of drug-likeness (QED) is 0.673. The molecule has 30 heavy (non-hydrogen) atoms. The number of nitrogens with zero attached hydrogens (tertiary/aromatic N) is 4. The van der Waals surface area contributed by atoms with Crippen LogP contribution in [0.3, 0.4) is 0 Å². The number of likely N-dealkylation sites (tertiary alicyclic amines) is 1. The summed E-state index contributed by atoms with van der Waals surface area (Å²) in [4.78, 5) is 14.5. The Bertz CT molecular complexity index is 896. The van der Waals surface area contributed by atoms with Gasteiger partial charge in [0.2, 0.25) is 15.9 Å². The Labute approximate surface area is 179 Å². The zero-order chi connectivity index (χ0) is 21.7. The first-order valence-electron chi connectivity index (χ1n) is 11.0. The summed E-state index contributed by atoms with van der Waals surface area (Å²) >= 11 is 0. The summed E-state index contributed by atoms with van der Waals surface area (Å²) in [6.07, 6.45) is 6.62. The number of carbonyl (C=O) groups is 1. The number of carbonyl (C=O) groups excluding carboxylic acids is 1. The second-order valence-corrected chi connectivity index (χ2v) is 10.5. The monoisotopic (exact) mass is 435 g/mol. The molecule has 1 saturated heterocycles. The van der Waals surface area contributed by atoms with E-state index in [9.17, 15) is 13.2 Å². The van der Waals surface area contributed by atoms with Crippen LogP contribution in [0, 0.1) is 25.2 Å². The molecule has 0 bridgehead atoms. The van der Waals surface area contributed by atoms with Crippen LogP contribution in [-0.4, -0.2) is 53.4 Å². The maximum Gasteiger partial charge on any atom is 0.222 e. The highest BCUT2D eigenvalue weighted by Gasteiger charge is 2.34. The van der Waals surface area contributed by atoms with Crippen molar-refractivity contribution in [3.8, 4) is 6.07 Å². The van der Waals surface area contributed by atoms with Crippen LogP contribution in [-0.2, 0) is 27.8 Å². The molecule has 0 spiro atoms. The smallest absolute Gasteiger partial charge is 0.222 e. The van der Waals surface area contributed by atoms with Gasteiger partial charge in [0.1, 0.15) is 0 Å². The molecule has 1 amide bonds. The van der Waals surface area contributed by atoms with E-state index in [1.54, 1.807) is 4.90 Å². The number of rotatable bonds is 8. The second kappa shape index (κ2) is 9.92. The highest BCUT2D eigenvalue weighted by molar-refractivity contribution is 7.90. The third-order valence-corrected chi connectivity index (χ3v) is 8.34. The minimum atomic E-state index is -3.40. The standard InChI is InChI=1S/C21H33N5O3S/c1-16-20(17(2)26(23-16)14-6-12-22)10-11-21(27)25-13-5-9-19(15-25)30(28,29)24-18-7-3-4-8-18/h18-19,24H,3-11,13-15H2,1-2H3/t19-/m1/s1. The molecular formula is C21H33N5O3S. The van der Waals surface area contributed by atoms with Crippen LogP contribution in [0.25, 0.3) is 0 Å². The van der Waals surface area contributed by atoms with Crippen molar-refractivity contribution in [1.29, 1.82) is 5.26 Å². The summed E-state index contributed by atoms with van der Waals surface area (Å²) in [6, 6.07) is 2.19. The van der Waals surface area contributed by atoms with Crippen LogP contribution in [0.15, 0.2) is 0 Å². The lowest BCUT2D eigenvalue weighted by atomic mass is 10.1. The molecule has 2 fully saturated rings. The number of sulfonamides is 1. The van der Waals surface area contributed by atoms with Gasteiger partial charge in [-0.2, -0.15) is 10.4 Å². The summed E-state index contributed by atoms with van der Waals surface area (Å²) in [5.41, 5.74) is 2.93. The molecule has 3 rings (SSSR count). The molecule has 1 aromatic rings. The molecule has 1 aliphatic carbocycles. The molecule has 2 aliphatic rings. The second-order valence-electron chi connectivity index (χ2n) is 8.53. The average molecular weight is 436 g/mol. The third-order valence-electron chi connectivity index (χ3n) is 6.41. The van der Waals surface area contributed by atoms with Gasteiger partial charge in [0.25, 0.3) is 0 Å². The Morgan fingerprint density at radius 2 is 1.97 bits per heavy atom. The van der Waals surface area contributed by atoms with Crippen LogP contribution in [0.4, 0.5) is 0 Å². The van der Waals surface area contributed by atoms with E-state index in [0.717, 1.165) is 42.6 Å². The normalized spacial score (nSPS) is 20.4. The molecule has 2 heterocycles. The predicted octanol–water partition coefficient (Wildman–Crippen LogP) is 2.20. The van der Waals surface area contributed by atoms with Crippen molar-refractivity contribution in [2.75, 3.05) is 13.1 Å². The molecular weight excluding hydrogens is 402 g/mol. The summed E-state index contributed by atoms with van der Waals surface area (Å²) < 4.78 is 30.3. The van der Waals surface area contributed by atoms with E-state index in [2.05, 4.69) is 15.9 Å². The van der Waals surface area contributed by atoms with Gasteiger partial charge in [0.05, 0.1) is 30.0 Å². The fourth-order valence-corrected chi connectivity index (χ4v) is 6.40. The van der Waals surface area contributed by atoms with Crippen LogP contribution in [0.5, 0.6) is 0 Å². The molecule has 0 radical (unpaired) electrons. The van der Waals surface area contributed by atoms with Crippen LogP contribution in [0.1, 0.15) is 68.3 Å². The van der Waals surface area contributed by atoms with Gasteiger partial charge in [-0.05, 0) is 51.5 Å². The van der Waals surface area contributed by atoms with Gasteiger partial charge in [-0.1, -0.05) is 12.8 Å². The van der Waals surface area contributed by atoms with Gasteiger partial charge in [0, 0.05) is 31.2 Å². The van der Waals surface area contributed by atoms with E-state index in [1.807, 2.05) is 18.5 Å². The topological polar surface area (TPSA) is 108 Å². The summed E-state index contributed by atoms with van der Waals surface area (Å²) in [5.74, 6) is -0.000610. The van der Waals surface area contributed by atoms with E-state index >= 15 is 0 Å². The predicted molar refractivity (Wildman–Crippen MR) is 114 cm³/mol. The van der Waals surface area contributed by atoms with Gasteiger partial charge in [-0.3, -0.25) is 9.48 Å². The molecule has 166 valence electrons. The van der Waals surface area contributed by atoms with Crippen molar-refractivity contribution < 1.29 is 13.2 Å². The van der Waals surface area contributed by atoms with E-state index < -0.39 is 15.3 Å². The first-order chi connectivity index (χ1) is 14.3. The fourth-order valence-electron chi connectivity index (χ4n) is 4.65. The summed E-state index contributed by atoms with van der Waals surface area (Å²) in [7, 11) is -3.40. The largest absolute Gasteiger partial charge is 0.341 e. The van der Waals surface area contributed by atoms with Gasteiger partial charge >= 0.3 is 0 Å². The lowest BCUT2D eigenvalue weighted by Crippen LogP contribution is -2.50. The first-order valence-corrected chi connectivity index (χ1v) is 12.5. The minimum Gasteiger partial charge on any atom is -0.341 e. The van der Waals surface area contributed by atoms with Gasteiger partial charge in [-0.25, -0.2) is 13.1 Å². The molecule has 1 saturated carbocycles. The van der Waals surface area contributed by atoms with E-state index in [0.29, 0.717) is 45.2 Å². The number of hydrogen-bond donors (Lipinski definition) is 1. The maximum atomic E-state index is 12.8. The van der Waals surface area contributed by atoms with E-state index in [1.165, 1.54) is 0 Å². The Balaban J connectivity index is 1.57. The lowest BCUT2D eigenvalue weighted by Gasteiger charge is -2.33. The molecule has 0 unspecified atom stereocenters. The highest BCUT2D eigenvalue weighted by atomic mass is 32.2. The lowest BCUT2D eigenvalue weighted by molar-refractivity contribution is -0.131. The SMILES string of the molecule is Cc1nn(CCC#N)c(C)c1CCC(=O)N1CCC[C@@H](S(=O)(=O)NC2CCCC2)C1. The van der Waals surface area contributed by atoms with Crippen LogP contribution < -0.4 is 4.72 Å². The van der Waals surface area contributed by atoms with E-state index in [-0.39, 0.29) is 18.5 Å². The fraction of sp³-hybridized carbons (Fsp3) is 0.762. The van der Waals surface area contributed by atoms with Gasteiger partial charge < -0.3 is 4.90 Å². The van der Waals surface area contributed by atoms with Crippen molar-refractivity contribution in [1.82, 2.24) is 19.4 Å². The van der Waals surface area contributed by atoms with Crippen LogP contribution in [0.2, 0.25) is 0 Å². The van der Waals surface area contributed by atoms with Crippen molar-refractivity contribution in [2.45, 2.75) is 89.5 Å². The van der Waals surface area contributed by atoms with Gasteiger partial charge in [0.15, 0.2) is 0 Å². The Morgan fingerprint density at radius 1 is 1.23 bits per heavy atom. The Morgan fingerprint density at radius 3 is 2.67 bits per heavy atom. The highest BCUT2D eigenvalue weighted by Crippen LogP contribution is 2.23. The van der Waals surface area contributed by atoms with Crippen molar-refractivity contribution in [2.24, 2.45) is 0 Å².